The van der Waals surface area contributed by atoms with Crippen LogP contribution in [0, 0.1) is 11.6 Å². The minimum Gasteiger partial charge on any atom is -0.380 e. The van der Waals surface area contributed by atoms with Gasteiger partial charge in [-0.05, 0) is 37.1 Å². The summed E-state index contributed by atoms with van der Waals surface area (Å²) in [4.78, 5) is 13.2. The van der Waals surface area contributed by atoms with Gasteiger partial charge in [-0.15, -0.1) is 11.3 Å². The van der Waals surface area contributed by atoms with Gasteiger partial charge in [-0.25, -0.2) is 8.78 Å². The highest BCUT2D eigenvalue weighted by Gasteiger charge is 2.22. The Labute approximate surface area is 154 Å². The van der Waals surface area contributed by atoms with Crippen molar-refractivity contribution in [3.05, 3.63) is 70.1 Å². The third-order valence-electron chi connectivity index (χ3n) is 4.12. The van der Waals surface area contributed by atoms with Crippen LogP contribution in [0.15, 0.2) is 42.5 Å². The molecule has 0 saturated heterocycles. The van der Waals surface area contributed by atoms with E-state index in [1.165, 1.54) is 30.6 Å². The molecule has 26 heavy (non-hydrogen) atoms. The number of hydrogen-bond donors (Lipinski definition) is 1. The summed E-state index contributed by atoms with van der Waals surface area (Å²) in [5.41, 5.74) is 1.08. The molecule has 0 radical (unpaired) electrons. The smallest absolute Gasteiger partial charge is 0.261 e. The lowest BCUT2D eigenvalue weighted by Crippen LogP contribution is -2.34. The molecule has 3 rings (SSSR count). The molecular formula is C20H19F2NO2S. The monoisotopic (exact) mass is 375 g/mol. The van der Waals surface area contributed by atoms with Crippen molar-refractivity contribution in [3.8, 4) is 0 Å². The third-order valence-corrected chi connectivity index (χ3v) is 5.32. The summed E-state index contributed by atoms with van der Waals surface area (Å²) < 4.78 is 33.9. The first kappa shape index (κ1) is 18.5. The fourth-order valence-corrected chi connectivity index (χ4v) is 4.09. The Kier molecular flexibility index (Phi) is 5.64. The molecule has 0 fully saturated rings. The Morgan fingerprint density at radius 2 is 1.88 bits per heavy atom. The molecule has 0 aliphatic carbocycles. The van der Waals surface area contributed by atoms with Gasteiger partial charge >= 0.3 is 0 Å². The topological polar surface area (TPSA) is 38.3 Å². The van der Waals surface area contributed by atoms with E-state index in [-0.39, 0.29) is 30.2 Å². The first-order valence-corrected chi connectivity index (χ1v) is 9.06. The quantitative estimate of drug-likeness (QED) is 0.679. The molecule has 0 spiro atoms. The Morgan fingerprint density at radius 1 is 1.15 bits per heavy atom. The second-order valence-electron chi connectivity index (χ2n) is 6.13. The summed E-state index contributed by atoms with van der Waals surface area (Å²) in [5, 5.41) is 3.30. The summed E-state index contributed by atoms with van der Waals surface area (Å²) in [6.07, 6.45) is 0.372. The Morgan fingerprint density at radius 3 is 2.62 bits per heavy atom. The Bertz CT molecular complexity index is 939. The number of thiophene rings is 1. The lowest BCUT2D eigenvalue weighted by Gasteiger charge is -2.14. The van der Waals surface area contributed by atoms with Gasteiger partial charge in [0.25, 0.3) is 5.91 Å². The Balaban J connectivity index is 1.84. The summed E-state index contributed by atoms with van der Waals surface area (Å²) in [7, 11) is 1.51. The van der Waals surface area contributed by atoms with Crippen LogP contribution in [-0.4, -0.2) is 19.1 Å². The highest BCUT2D eigenvalue weighted by molar-refractivity contribution is 7.21. The molecule has 1 N–H and O–H groups in total. The summed E-state index contributed by atoms with van der Waals surface area (Å²) >= 11 is 1.23. The van der Waals surface area contributed by atoms with E-state index in [4.69, 9.17) is 4.74 Å². The number of halogens is 2. The minimum absolute atomic E-state index is 0.144. The molecule has 0 aliphatic rings. The van der Waals surface area contributed by atoms with E-state index in [0.717, 1.165) is 0 Å². The fraction of sp³-hybridized carbons (Fsp3) is 0.250. The maximum absolute atomic E-state index is 14.2. The molecule has 1 unspecified atom stereocenters. The lowest BCUT2D eigenvalue weighted by atomic mass is 10.1. The van der Waals surface area contributed by atoms with Gasteiger partial charge in [-0.2, -0.15) is 0 Å². The van der Waals surface area contributed by atoms with Crippen molar-refractivity contribution in [2.45, 2.75) is 26.0 Å². The molecule has 2 aromatic carbocycles. The number of rotatable bonds is 6. The molecule has 0 bridgehead atoms. The van der Waals surface area contributed by atoms with Crippen molar-refractivity contribution in [2.24, 2.45) is 0 Å². The molecule has 1 aromatic heterocycles. The zero-order valence-corrected chi connectivity index (χ0v) is 15.3. The van der Waals surface area contributed by atoms with Crippen LogP contribution in [0.25, 0.3) is 10.1 Å². The average Bonchev–Trinajstić information content (AvgIpc) is 2.97. The first-order chi connectivity index (χ1) is 12.5. The standard InChI is InChI=1S/C20H19F2NO2S/c1-12(10-13-6-3-4-7-15(13)21)23-20(24)19-14(11-25-2)18-16(22)8-5-9-17(18)26-19/h3-9,12H,10-11H2,1-2H3,(H,23,24). The van der Waals surface area contributed by atoms with Crippen LogP contribution in [0.3, 0.4) is 0 Å². The van der Waals surface area contributed by atoms with Crippen LogP contribution in [0.5, 0.6) is 0 Å². The fourth-order valence-electron chi connectivity index (χ4n) is 2.97. The van der Waals surface area contributed by atoms with E-state index in [2.05, 4.69) is 5.32 Å². The average molecular weight is 375 g/mol. The van der Waals surface area contributed by atoms with Crippen molar-refractivity contribution < 1.29 is 18.3 Å². The Hall–Kier alpha value is -2.31. The van der Waals surface area contributed by atoms with Crippen molar-refractivity contribution >= 4 is 27.3 Å². The number of carbonyl (C=O) groups excluding carboxylic acids is 1. The molecule has 3 aromatic rings. The van der Waals surface area contributed by atoms with Crippen LogP contribution < -0.4 is 5.32 Å². The molecule has 1 amide bonds. The molecule has 0 saturated carbocycles. The minimum atomic E-state index is -0.371. The van der Waals surface area contributed by atoms with Gasteiger partial charge in [0.1, 0.15) is 11.6 Å². The summed E-state index contributed by atoms with van der Waals surface area (Å²) in [5.74, 6) is -0.969. The maximum Gasteiger partial charge on any atom is 0.261 e. The summed E-state index contributed by atoms with van der Waals surface area (Å²) in [6, 6.07) is 11.0. The molecule has 1 atom stereocenters. The van der Waals surface area contributed by atoms with Crippen LogP contribution in [0.2, 0.25) is 0 Å². The third kappa shape index (κ3) is 3.76. The number of methoxy groups -OCH3 is 1. The van der Waals surface area contributed by atoms with Crippen molar-refractivity contribution in [1.29, 1.82) is 0 Å². The van der Waals surface area contributed by atoms with Gasteiger partial charge in [0.05, 0.1) is 11.5 Å². The second kappa shape index (κ2) is 7.93. The highest BCUT2D eigenvalue weighted by Crippen LogP contribution is 2.33. The number of benzene rings is 2. The molecule has 6 heteroatoms. The van der Waals surface area contributed by atoms with Gasteiger partial charge in [-0.1, -0.05) is 24.3 Å². The van der Waals surface area contributed by atoms with Gasteiger partial charge in [0.2, 0.25) is 0 Å². The number of nitrogens with one attached hydrogen (secondary N) is 1. The zero-order chi connectivity index (χ0) is 18.7. The predicted octanol–water partition coefficient (Wildman–Crippen LogP) is 4.69. The van der Waals surface area contributed by atoms with Crippen LogP contribution >= 0.6 is 11.3 Å². The van der Waals surface area contributed by atoms with Crippen LogP contribution in [0.1, 0.15) is 27.7 Å². The van der Waals surface area contributed by atoms with Crippen LogP contribution in [0.4, 0.5) is 8.78 Å². The lowest BCUT2D eigenvalue weighted by molar-refractivity contribution is 0.0940. The van der Waals surface area contributed by atoms with E-state index in [1.807, 2.05) is 6.92 Å². The van der Waals surface area contributed by atoms with Crippen molar-refractivity contribution in [1.82, 2.24) is 5.32 Å². The SMILES string of the molecule is COCc1c(C(=O)NC(C)Cc2ccccc2F)sc2cccc(F)c12. The van der Waals surface area contributed by atoms with E-state index < -0.39 is 0 Å². The maximum atomic E-state index is 14.2. The zero-order valence-electron chi connectivity index (χ0n) is 14.5. The predicted molar refractivity (Wildman–Crippen MR) is 99.5 cm³/mol. The van der Waals surface area contributed by atoms with E-state index >= 15 is 0 Å². The number of hydrogen-bond acceptors (Lipinski definition) is 3. The first-order valence-electron chi connectivity index (χ1n) is 8.24. The van der Waals surface area contributed by atoms with E-state index in [9.17, 15) is 13.6 Å². The highest BCUT2D eigenvalue weighted by atomic mass is 32.1. The normalized spacial score (nSPS) is 12.3. The van der Waals surface area contributed by atoms with Gasteiger partial charge in [-0.3, -0.25) is 4.79 Å². The number of fused-ring (bicyclic) bond motifs is 1. The van der Waals surface area contributed by atoms with Gasteiger partial charge in [0, 0.05) is 28.8 Å². The number of amides is 1. The number of ether oxygens (including phenoxy) is 1. The van der Waals surface area contributed by atoms with Crippen molar-refractivity contribution in [3.63, 3.8) is 0 Å². The molecule has 1 heterocycles. The molecular weight excluding hydrogens is 356 g/mol. The largest absolute Gasteiger partial charge is 0.380 e. The van der Waals surface area contributed by atoms with Crippen LogP contribution in [-0.2, 0) is 17.8 Å². The van der Waals surface area contributed by atoms with E-state index in [0.29, 0.717) is 32.5 Å². The molecule has 0 aliphatic heterocycles. The van der Waals surface area contributed by atoms with Crippen molar-refractivity contribution in [2.75, 3.05) is 7.11 Å². The molecule has 136 valence electrons. The molecule has 3 nitrogen and oxygen atoms in total. The number of carbonyl (C=O) groups is 1. The van der Waals surface area contributed by atoms with Gasteiger partial charge in [0.15, 0.2) is 0 Å². The van der Waals surface area contributed by atoms with Gasteiger partial charge < -0.3 is 10.1 Å². The van der Waals surface area contributed by atoms with E-state index in [1.54, 1.807) is 30.3 Å². The summed E-state index contributed by atoms with van der Waals surface area (Å²) in [6.45, 7) is 1.96. The second-order valence-corrected chi connectivity index (χ2v) is 7.18.